The average molecular weight is 325 g/mol. The van der Waals surface area contributed by atoms with E-state index < -0.39 is 15.8 Å². The first-order valence-electron chi connectivity index (χ1n) is 6.84. The van der Waals surface area contributed by atoms with Crippen LogP contribution in [0.4, 0.5) is 10.2 Å². The number of aryl methyl sites for hydroxylation is 1. The standard InChI is InChI=1S/C13H16FN5O2S/c1-17-12(4-6-16-17)22(20,21)19-9-7-18(8-10-19)13-11(14)3-2-5-15-13/h2-6H,7-10H2,1H3. The summed E-state index contributed by atoms with van der Waals surface area (Å²) in [5.41, 5.74) is 0. The number of sulfonamides is 1. The van der Waals surface area contributed by atoms with Crippen molar-refractivity contribution in [2.24, 2.45) is 7.05 Å². The molecule has 0 aromatic carbocycles. The van der Waals surface area contributed by atoms with E-state index in [1.807, 2.05) is 0 Å². The molecule has 118 valence electrons. The van der Waals surface area contributed by atoms with Crippen molar-refractivity contribution >= 4 is 15.8 Å². The van der Waals surface area contributed by atoms with Crippen molar-refractivity contribution in [3.63, 3.8) is 0 Å². The second kappa shape index (κ2) is 5.65. The van der Waals surface area contributed by atoms with E-state index >= 15 is 0 Å². The summed E-state index contributed by atoms with van der Waals surface area (Å²) >= 11 is 0. The average Bonchev–Trinajstić information content (AvgIpc) is 2.95. The fourth-order valence-electron chi connectivity index (χ4n) is 2.50. The lowest BCUT2D eigenvalue weighted by atomic mass is 10.3. The molecule has 2 aromatic rings. The van der Waals surface area contributed by atoms with Crippen LogP contribution in [0.3, 0.4) is 0 Å². The molecule has 22 heavy (non-hydrogen) atoms. The lowest BCUT2D eigenvalue weighted by Gasteiger charge is -2.34. The molecule has 7 nitrogen and oxygen atoms in total. The maximum absolute atomic E-state index is 13.7. The summed E-state index contributed by atoms with van der Waals surface area (Å²) in [6.45, 7) is 1.35. The Hall–Kier alpha value is -2.00. The quantitative estimate of drug-likeness (QED) is 0.820. The Balaban J connectivity index is 1.75. The van der Waals surface area contributed by atoms with E-state index in [1.54, 1.807) is 11.9 Å². The Kier molecular flexibility index (Phi) is 3.83. The van der Waals surface area contributed by atoms with Crippen LogP contribution in [-0.2, 0) is 17.1 Å². The third-order valence-corrected chi connectivity index (χ3v) is 5.63. The zero-order valence-electron chi connectivity index (χ0n) is 12.1. The molecule has 0 radical (unpaired) electrons. The monoisotopic (exact) mass is 325 g/mol. The maximum atomic E-state index is 13.7. The molecule has 0 unspecified atom stereocenters. The van der Waals surface area contributed by atoms with Crippen molar-refractivity contribution in [3.8, 4) is 0 Å². The smallest absolute Gasteiger partial charge is 0.260 e. The number of pyridine rings is 1. The van der Waals surface area contributed by atoms with E-state index in [1.165, 1.54) is 39.6 Å². The van der Waals surface area contributed by atoms with Crippen LogP contribution in [-0.4, -0.2) is 53.7 Å². The summed E-state index contributed by atoms with van der Waals surface area (Å²) in [6, 6.07) is 4.35. The van der Waals surface area contributed by atoms with Crippen LogP contribution in [0.1, 0.15) is 0 Å². The summed E-state index contributed by atoms with van der Waals surface area (Å²) in [6.07, 6.45) is 2.98. The summed E-state index contributed by atoms with van der Waals surface area (Å²) in [4.78, 5) is 5.78. The third kappa shape index (κ3) is 2.57. The second-order valence-electron chi connectivity index (χ2n) is 4.99. The topological polar surface area (TPSA) is 71.3 Å². The van der Waals surface area contributed by atoms with Crippen molar-refractivity contribution in [1.29, 1.82) is 0 Å². The van der Waals surface area contributed by atoms with Gasteiger partial charge in [0, 0.05) is 39.4 Å². The molecule has 0 aliphatic carbocycles. The number of hydrogen-bond acceptors (Lipinski definition) is 5. The fraction of sp³-hybridized carbons (Fsp3) is 0.385. The van der Waals surface area contributed by atoms with Gasteiger partial charge in [0.2, 0.25) is 0 Å². The van der Waals surface area contributed by atoms with Crippen LogP contribution in [0, 0.1) is 5.82 Å². The van der Waals surface area contributed by atoms with Gasteiger partial charge in [-0.3, -0.25) is 4.68 Å². The normalized spacial score (nSPS) is 16.9. The number of hydrogen-bond donors (Lipinski definition) is 0. The highest BCUT2D eigenvalue weighted by molar-refractivity contribution is 7.89. The van der Waals surface area contributed by atoms with Gasteiger partial charge in [0.25, 0.3) is 10.0 Å². The van der Waals surface area contributed by atoms with Gasteiger partial charge in [-0.1, -0.05) is 0 Å². The molecule has 0 bridgehead atoms. The SMILES string of the molecule is Cn1nccc1S(=O)(=O)N1CCN(c2ncccc2F)CC1. The Morgan fingerprint density at radius 1 is 1.14 bits per heavy atom. The molecule has 1 aliphatic rings. The molecule has 1 saturated heterocycles. The van der Waals surface area contributed by atoms with E-state index in [2.05, 4.69) is 10.1 Å². The molecule has 2 aromatic heterocycles. The van der Waals surface area contributed by atoms with E-state index in [4.69, 9.17) is 0 Å². The van der Waals surface area contributed by atoms with Crippen molar-refractivity contribution in [2.45, 2.75) is 5.03 Å². The molecule has 3 heterocycles. The van der Waals surface area contributed by atoms with E-state index in [0.717, 1.165) is 0 Å². The molecular weight excluding hydrogens is 309 g/mol. The van der Waals surface area contributed by atoms with Crippen molar-refractivity contribution in [2.75, 3.05) is 31.1 Å². The van der Waals surface area contributed by atoms with Crippen LogP contribution in [0.5, 0.6) is 0 Å². The summed E-state index contributed by atoms with van der Waals surface area (Å²) in [5.74, 6) is -0.134. The number of rotatable bonds is 3. The predicted molar refractivity (Wildman–Crippen MR) is 78.4 cm³/mol. The minimum atomic E-state index is -3.57. The third-order valence-electron chi connectivity index (χ3n) is 3.66. The number of piperazine rings is 1. The Morgan fingerprint density at radius 3 is 2.45 bits per heavy atom. The number of anilines is 1. The van der Waals surface area contributed by atoms with Gasteiger partial charge in [0.1, 0.15) is 0 Å². The largest absolute Gasteiger partial charge is 0.352 e. The van der Waals surface area contributed by atoms with Crippen molar-refractivity contribution in [1.82, 2.24) is 19.1 Å². The first kappa shape index (κ1) is 14.9. The van der Waals surface area contributed by atoms with Crippen LogP contribution < -0.4 is 4.90 Å². The lowest BCUT2D eigenvalue weighted by molar-refractivity contribution is 0.378. The fourth-order valence-corrected chi connectivity index (χ4v) is 4.02. The number of nitrogens with zero attached hydrogens (tertiary/aromatic N) is 5. The molecule has 1 aliphatic heterocycles. The van der Waals surface area contributed by atoms with Crippen LogP contribution in [0.2, 0.25) is 0 Å². The van der Waals surface area contributed by atoms with Gasteiger partial charge in [0.15, 0.2) is 16.7 Å². The van der Waals surface area contributed by atoms with E-state index in [9.17, 15) is 12.8 Å². The Labute approximate surface area is 128 Å². The zero-order valence-corrected chi connectivity index (χ0v) is 12.9. The molecule has 0 saturated carbocycles. The molecule has 3 rings (SSSR count). The van der Waals surface area contributed by atoms with Crippen molar-refractivity contribution < 1.29 is 12.8 Å². The molecule has 0 atom stereocenters. The summed E-state index contributed by atoms with van der Waals surface area (Å²) < 4.78 is 41.5. The zero-order chi connectivity index (χ0) is 15.7. The number of halogens is 1. The lowest BCUT2D eigenvalue weighted by Crippen LogP contribution is -2.49. The van der Waals surface area contributed by atoms with Crippen molar-refractivity contribution in [3.05, 3.63) is 36.4 Å². The number of aromatic nitrogens is 3. The van der Waals surface area contributed by atoms with Crippen LogP contribution in [0.25, 0.3) is 0 Å². The minimum absolute atomic E-state index is 0.157. The highest BCUT2D eigenvalue weighted by Gasteiger charge is 2.31. The minimum Gasteiger partial charge on any atom is -0.352 e. The van der Waals surface area contributed by atoms with Gasteiger partial charge >= 0.3 is 0 Å². The molecule has 1 fully saturated rings. The molecule has 9 heteroatoms. The first-order chi connectivity index (χ1) is 10.5. The van der Waals surface area contributed by atoms with Crippen LogP contribution >= 0.6 is 0 Å². The van der Waals surface area contributed by atoms with Gasteiger partial charge in [-0.25, -0.2) is 17.8 Å². The second-order valence-corrected chi connectivity index (χ2v) is 6.88. The van der Waals surface area contributed by atoms with Gasteiger partial charge in [-0.05, 0) is 18.2 Å². The highest BCUT2D eigenvalue weighted by Crippen LogP contribution is 2.21. The van der Waals surface area contributed by atoms with Gasteiger partial charge in [-0.2, -0.15) is 9.40 Å². The maximum Gasteiger partial charge on any atom is 0.260 e. The van der Waals surface area contributed by atoms with E-state index in [0.29, 0.717) is 13.1 Å². The molecule has 0 amide bonds. The molecule has 0 N–H and O–H groups in total. The highest BCUT2D eigenvalue weighted by atomic mass is 32.2. The summed E-state index contributed by atoms with van der Waals surface area (Å²) in [7, 11) is -1.98. The van der Waals surface area contributed by atoms with Gasteiger partial charge in [-0.15, -0.1) is 0 Å². The Bertz CT molecular complexity index is 768. The van der Waals surface area contributed by atoms with Gasteiger partial charge < -0.3 is 4.90 Å². The first-order valence-corrected chi connectivity index (χ1v) is 8.28. The Morgan fingerprint density at radius 2 is 1.86 bits per heavy atom. The predicted octanol–water partition coefficient (Wildman–Crippen LogP) is 0.465. The van der Waals surface area contributed by atoms with E-state index in [-0.39, 0.29) is 23.9 Å². The molecular formula is C13H16FN5O2S. The van der Waals surface area contributed by atoms with Gasteiger partial charge in [0.05, 0.1) is 6.20 Å². The summed E-state index contributed by atoms with van der Waals surface area (Å²) in [5, 5.41) is 4.05. The molecule has 0 spiro atoms. The van der Waals surface area contributed by atoms with Crippen LogP contribution in [0.15, 0.2) is 35.6 Å².